The third-order valence-corrected chi connectivity index (χ3v) is 6.29. The first-order valence-corrected chi connectivity index (χ1v) is 10.3. The maximum Gasteiger partial charge on any atom is 0.265 e. The quantitative estimate of drug-likeness (QED) is 0.641. The molecule has 1 amide bonds. The van der Waals surface area contributed by atoms with E-state index in [1.54, 1.807) is 30.3 Å². The molecule has 134 valence electrons. The number of benzene rings is 2. The lowest BCUT2D eigenvalue weighted by Gasteiger charge is -2.07. The third kappa shape index (κ3) is 4.24. The van der Waals surface area contributed by atoms with Gasteiger partial charge in [0, 0.05) is 21.8 Å². The molecule has 0 saturated carbocycles. The molecule has 3 rings (SSSR count). The maximum absolute atomic E-state index is 12.5. The topological polar surface area (TPSA) is 75.3 Å². The number of amides is 1. The highest BCUT2D eigenvalue weighted by molar-refractivity contribution is 7.92. The van der Waals surface area contributed by atoms with E-state index < -0.39 is 10.0 Å². The van der Waals surface area contributed by atoms with Gasteiger partial charge in [-0.25, -0.2) is 8.42 Å². The molecule has 0 aliphatic heterocycles. The molecule has 1 aromatic heterocycles. The highest BCUT2D eigenvalue weighted by Gasteiger charge is 2.19. The standard InChI is InChI=1S/C18H15ClN2O3S2/c1-12-4-2-3-5-16(12)20-18(22)17-10-15(11-25-17)26(23,24)21-14-8-6-13(19)7-9-14/h2-11,21H,1H3,(H,20,22). The molecule has 0 radical (unpaired) electrons. The Labute approximate surface area is 160 Å². The van der Waals surface area contributed by atoms with Gasteiger partial charge >= 0.3 is 0 Å². The van der Waals surface area contributed by atoms with Crippen LogP contribution in [0.2, 0.25) is 5.02 Å². The first kappa shape index (κ1) is 18.4. The Balaban J connectivity index is 1.77. The fraction of sp³-hybridized carbons (Fsp3) is 0.0556. The average molecular weight is 407 g/mol. The Morgan fingerprint density at radius 3 is 2.46 bits per heavy atom. The second kappa shape index (κ2) is 7.49. The third-order valence-electron chi connectivity index (χ3n) is 3.60. The van der Waals surface area contributed by atoms with Crippen LogP contribution in [-0.4, -0.2) is 14.3 Å². The Morgan fingerprint density at radius 2 is 1.77 bits per heavy atom. The second-order valence-corrected chi connectivity index (χ2v) is 8.56. The SMILES string of the molecule is Cc1ccccc1NC(=O)c1cc(S(=O)(=O)Nc2ccc(Cl)cc2)cs1. The fourth-order valence-corrected chi connectivity index (χ4v) is 4.56. The molecule has 26 heavy (non-hydrogen) atoms. The van der Waals surface area contributed by atoms with Crippen molar-refractivity contribution in [3.05, 3.63) is 75.4 Å². The minimum Gasteiger partial charge on any atom is -0.321 e. The number of rotatable bonds is 5. The van der Waals surface area contributed by atoms with E-state index in [-0.39, 0.29) is 10.8 Å². The number of para-hydroxylation sites is 1. The molecule has 0 fully saturated rings. The number of nitrogens with one attached hydrogen (secondary N) is 2. The van der Waals surface area contributed by atoms with Gasteiger partial charge in [-0.2, -0.15) is 0 Å². The van der Waals surface area contributed by atoms with Crippen molar-refractivity contribution < 1.29 is 13.2 Å². The highest BCUT2D eigenvalue weighted by atomic mass is 35.5. The number of carbonyl (C=O) groups is 1. The smallest absolute Gasteiger partial charge is 0.265 e. The lowest BCUT2D eigenvalue weighted by Crippen LogP contribution is -2.13. The van der Waals surface area contributed by atoms with E-state index in [4.69, 9.17) is 11.6 Å². The van der Waals surface area contributed by atoms with Gasteiger partial charge in [0.15, 0.2) is 0 Å². The zero-order valence-corrected chi connectivity index (χ0v) is 16.1. The van der Waals surface area contributed by atoms with Crippen molar-refractivity contribution in [3.63, 3.8) is 0 Å². The van der Waals surface area contributed by atoms with E-state index in [0.29, 0.717) is 21.3 Å². The molecule has 2 aromatic carbocycles. The van der Waals surface area contributed by atoms with Crippen LogP contribution in [0.4, 0.5) is 11.4 Å². The number of halogens is 1. The molecule has 8 heteroatoms. The fourth-order valence-electron chi connectivity index (χ4n) is 2.21. The monoisotopic (exact) mass is 406 g/mol. The van der Waals surface area contributed by atoms with E-state index >= 15 is 0 Å². The second-order valence-electron chi connectivity index (χ2n) is 5.53. The van der Waals surface area contributed by atoms with E-state index in [2.05, 4.69) is 10.0 Å². The average Bonchev–Trinajstić information content (AvgIpc) is 3.10. The predicted molar refractivity (Wildman–Crippen MR) is 106 cm³/mol. The summed E-state index contributed by atoms with van der Waals surface area (Å²) < 4.78 is 27.4. The van der Waals surface area contributed by atoms with E-state index in [1.807, 2.05) is 25.1 Å². The van der Waals surface area contributed by atoms with Crippen LogP contribution in [0.5, 0.6) is 0 Å². The number of carbonyl (C=O) groups excluding carboxylic acids is 1. The Morgan fingerprint density at radius 1 is 1.08 bits per heavy atom. The summed E-state index contributed by atoms with van der Waals surface area (Å²) in [5.41, 5.74) is 2.01. The lowest BCUT2D eigenvalue weighted by molar-refractivity contribution is 0.103. The normalized spacial score (nSPS) is 11.2. The number of aryl methyl sites for hydroxylation is 1. The van der Waals surface area contributed by atoms with Crippen LogP contribution < -0.4 is 10.0 Å². The van der Waals surface area contributed by atoms with Crippen molar-refractivity contribution in [2.24, 2.45) is 0 Å². The molecule has 0 unspecified atom stereocenters. The molecule has 3 aromatic rings. The van der Waals surface area contributed by atoms with Crippen LogP contribution >= 0.6 is 22.9 Å². The van der Waals surface area contributed by atoms with Crippen LogP contribution in [0.15, 0.2) is 64.9 Å². The summed E-state index contributed by atoms with van der Waals surface area (Å²) in [5, 5.41) is 4.74. The van der Waals surface area contributed by atoms with Gasteiger partial charge in [-0.3, -0.25) is 9.52 Å². The van der Waals surface area contributed by atoms with Crippen molar-refractivity contribution >= 4 is 50.2 Å². The molecular formula is C18H15ClN2O3S2. The summed E-state index contributed by atoms with van der Waals surface area (Å²) in [5.74, 6) is -0.350. The van der Waals surface area contributed by atoms with Gasteiger partial charge < -0.3 is 5.32 Å². The number of anilines is 2. The van der Waals surface area contributed by atoms with Crippen molar-refractivity contribution in [1.29, 1.82) is 0 Å². The van der Waals surface area contributed by atoms with Crippen LogP contribution in [0, 0.1) is 6.92 Å². The van der Waals surface area contributed by atoms with Gasteiger partial charge in [-0.15, -0.1) is 11.3 Å². The predicted octanol–water partition coefficient (Wildman–Crippen LogP) is 4.76. The minimum absolute atomic E-state index is 0.0346. The molecule has 0 spiro atoms. The molecule has 5 nitrogen and oxygen atoms in total. The summed E-state index contributed by atoms with van der Waals surface area (Å²) in [6.07, 6.45) is 0. The van der Waals surface area contributed by atoms with Crippen LogP contribution in [0.3, 0.4) is 0 Å². The minimum atomic E-state index is -3.78. The van der Waals surface area contributed by atoms with Gasteiger partial charge in [-0.1, -0.05) is 29.8 Å². The molecule has 0 bridgehead atoms. The molecule has 1 heterocycles. The summed E-state index contributed by atoms with van der Waals surface area (Å²) in [4.78, 5) is 12.7. The van der Waals surface area contributed by atoms with Crippen LogP contribution in [0.25, 0.3) is 0 Å². The summed E-state index contributed by atoms with van der Waals surface area (Å²) in [6, 6.07) is 15.1. The van der Waals surface area contributed by atoms with Crippen molar-refractivity contribution in [3.8, 4) is 0 Å². The van der Waals surface area contributed by atoms with Crippen molar-refractivity contribution in [2.45, 2.75) is 11.8 Å². The highest BCUT2D eigenvalue weighted by Crippen LogP contribution is 2.24. The molecule has 0 saturated heterocycles. The first-order valence-electron chi connectivity index (χ1n) is 7.59. The Hall–Kier alpha value is -2.35. The van der Waals surface area contributed by atoms with E-state index in [1.165, 1.54) is 11.4 Å². The first-order chi connectivity index (χ1) is 12.3. The zero-order valence-electron chi connectivity index (χ0n) is 13.7. The summed E-state index contributed by atoms with van der Waals surface area (Å²) in [6.45, 7) is 1.88. The maximum atomic E-state index is 12.5. The van der Waals surface area contributed by atoms with Crippen molar-refractivity contribution in [2.75, 3.05) is 10.0 Å². The van der Waals surface area contributed by atoms with E-state index in [0.717, 1.165) is 16.9 Å². The van der Waals surface area contributed by atoms with Crippen LogP contribution in [0.1, 0.15) is 15.2 Å². The number of thiophene rings is 1. The van der Waals surface area contributed by atoms with Crippen LogP contribution in [-0.2, 0) is 10.0 Å². The van der Waals surface area contributed by atoms with Gasteiger partial charge in [0.05, 0.1) is 9.77 Å². The summed E-state index contributed by atoms with van der Waals surface area (Å²) in [7, 11) is -3.78. The largest absolute Gasteiger partial charge is 0.321 e. The molecule has 0 atom stereocenters. The molecule has 0 aliphatic rings. The van der Waals surface area contributed by atoms with Gasteiger partial charge in [0.25, 0.3) is 15.9 Å². The number of hydrogen-bond acceptors (Lipinski definition) is 4. The van der Waals surface area contributed by atoms with Crippen molar-refractivity contribution in [1.82, 2.24) is 0 Å². The Bertz CT molecular complexity index is 1040. The van der Waals surface area contributed by atoms with Gasteiger partial charge in [0.1, 0.15) is 0 Å². The van der Waals surface area contributed by atoms with E-state index in [9.17, 15) is 13.2 Å². The Kier molecular flexibility index (Phi) is 5.31. The lowest BCUT2D eigenvalue weighted by atomic mass is 10.2. The molecule has 2 N–H and O–H groups in total. The number of sulfonamides is 1. The van der Waals surface area contributed by atoms with Gasteiger partial charge in [0.2, 0.25) is 0 Å². The van der Waals surface area contributed by atoms with Gasteiger partial charge in [-0.05, 0) is 48.9 Å². The number of hydrogen-bond donors (Lipinski definition) is 2. The summed E-state index contributed by atoms with van der Waals surface area (Å²) >= 11 is 6.87. The molecule has 0 aliphatic carbocycles. The molecular weight excluding hydrogens is 392 g/mol. The zero-order chi connectivity index (χ0) is 18.7.